The van der Waals surface area contributed by atoms with Crippen LogP contribution in [-0.2, 0) is 0 Å². The number of aromatic nitrogens is 3. The average Bonchev–Trinajstić information content (AvgIpc) is 2.64. The van der Waals surface area contributed by atoms with Gasteiger partial charge in [0.25, 0.3) is 0 Å². The van der Waals surface area contributed by atoms with Crippen LogP contribution in [0.1, 0.15) is 11.4 Å². The molecular weight excluding hydrogens is 366 g/mol. The minimum atomic E-state index is 0.386. The Labute approximate surface area is 162 Å². The van der Waals surface area contributed by atoms with Gasteiger partial charge >= 0.3 is 0 Å². The molecule has 27 heavy (non-hydrogen) atoms. The van der Waals surface area contributed by atoms with Crippen molar-refractivity contribution < 1.29 is 9.47 Å². The van der Waals surface area contributed by atoms with Crippen LogP contribution in [0.4, 0.5) is 23.3 Å². The van der Waals surface area contributed by atoms with Crippen molar-refractivity contribution in [1.82, 2.24) is 15.0 Å². The van der Waals surface area contributed by atoms with Gasteiger partial charge in [0.2, 0.25) is 11.9 Å². The lowest BCUT2D eigenvalue weighted by Gasteiger charge is -2.13. The van der Waals surface area contributed by atoms with Gasteiger partial charge in [0.15, 0.2) is 0 Å². The third-order valence-corrected chi connectivity index (χ3v) is 4.09. The molecule has 0 aliphatic rings. The normalized spacial score (nSPS) is 10.4. The maximum absolute atomic E-state index is 6.28. The highest BCUT2D eigenvalue weighted by Crippen LogP contribution is 2.31. The third kappa shape index (κ3) is 4.57. The van der Waals surface area contributed by atoms with Gasteiger partial charge in [-0.1, -0.05) is 17.7 Å². The van der Waals surface area contributed by atoms with Crippen LogP contribution in [0.5, 0.6) is 11.5 Å². The lowest BCUT2D eigenvalue weighted by atomic mass is 10.2. The lowest BCUT2D eigenvalue weighted by molar-refractivity contribution is 0.395. The molecule has 0 spiro atoms. The van der Waals surface area contributed by atoms with Gasteiger partial charge in [-0.05, 0) is 43.7 Å². The first-order valence-electron chi connectivity index (χ1n) is 8.23. The molecule has 7 nitrogen and oxygen atoms in total. The SMILES string of the molecule is COc1ccc(Nc2nc(C)nc(Nc3ccc(C)cc3Cl)n2)c(OC)c1. The van der Waals surface area contributed by atoms with Crippen LogP contribution < -0.4 is 20.1 Å². The zero-order chi connectivity index (χ0) is 19.4. The van der Waals surface area contributed by atoms with Crippen molar-refractivity contribution in [3.63, 3.8) is 0 Å². The monoisotopic (exact) mass is 385 g/mol. The second-order valence-electron chi connectivity index (χ2n) is 5.83. The molecule has 0 saturated carbocycles. The molecule has 0 aliphatic carbocycles. The van der Waals surface area contributed by atoms with E-state index in [-0.39, 0.29) is 0 Å². The van der Waals surface area contributed by atoms with E-state index in [0.29, 0.717) is 39.9 Å². The summed E-state index contributed by atoms with van der Waals surface area (Å²) < 4.78 is 10.6. The molecule has 8 heteroatoms. The first-order valence-corrected chi connectivity index (χ1v) is 8.61. The summed E-state index contributed by atoms with van der Waals surface area (Å²) in [5.41, 5.74) is 2.51. The Morgan fingerprint density at radius 1 is 0.815 bits per heavy atom. The van der Waals surface area contributed by atoms with Gasteiger partial charge in [0.05, 0.1) is 30.6 Å². The number of halogens is 1. The first-order chi connectivity index (χ1) is 13.0. The Balaban J connectivity index is 1.87. The van der Waals surface area contributed by atoms with Gasteiger partial charge in [0, 0.05) is 6.07 Å². The molecule has 0 radical (unpaired) electrons. The number of benzene rings is 2. The van der Waals surface area contributed by atoms with Crippen LogP contribution in [0.15, 0.2) is 36.4 Å². The van der Waals surface area contributed by atoms with Crippen LogP contribution >= 0.6 is 11.6 Å². The number of hydrogen-bond acceptors (Lipinski definition) is 7. The Morgan fingerprint density at radius 3 is 2.11 bits per heavy atom. The molecule has 0 saturated heterocycles. The zero-order valence-electron chi connectivity index (χ0n) is 15.5. The molecule has 0 fully saturated rings. The molecule has 0 bridgehead atoms. The van der Waals surface area contributed by atoms with E-state index in [2.05, 4.69) is 25.6 Å². The summed E-state index contributed by atoms with van der Waals surface area (Å²) >= 11 is 6.28. The highest BCUT2D eigenvalue weighted by Gasteiger charge is 2.10. The van der Waals surface area contributed by atoms with Crippen LogP contribution in [0.3, 0.4) is 0 Å². The predicted molar refractivity (Wildman–Crippen MR) is 107 cm³/mol. The number of methoxy groups -OCH3 is 2. The number of hydrogen-bond donors (Lipinski definition) is 2. The van der Waals surface area contributed by atoms with E-state index < -0.39 is 0 Å². The average molecular weight is 386 g/mol. The number of rotatable bonds is 6. The molecule has 0 amide bonds. The molecule has 0 atom stereocenters. The van der Waals surface area contributed by atoms with E-state index in [4.69, 9.17) is 21.1 Å². The van der Waals surface area contributed by atoms with Crippen molar-refractivity contribution in [2.24, 2.45) is 0 Å². The molecule has 140 valence electrons. The van der Waals surface area contributed by atoms with E-state index in [0.717, 1.165) is 11.3 Å². The summed E-state index contributed by atoms with van der Waals surface area (Å²) in [6.07, 6.45) is 0. The Bertz CT molecular complexity index is 965. The van der Waals surface area contributed by atoms with Gasteiger partial charge in [-0.3, -0.25) is 0 Å². The largest absolute Gasteiger partial charge is 0.497 e. The van der Waals surface area contributed by atoms with Crippen LogP contribution in [0, 0.1) is 13.8 Å². The molecule has 2 aromatic carbocycles. The van der Waals surface area contributed by atoms with Crippen molar-refractivity contribution in [2.75, 3.05) is 24.9 Å². The van der Waals surface area contributed by atoms with Crippen molar-refractivity contribution in [3.8, 4) is 11.5 Å². The number of anilines is 4. The zero-order valence-corrected chi connectivity index (χ0v) is 16.3. The highest BCUT2D eigenvalue weighted by atomic mass is 35.5. The molecule has 0 unspecified atom stereocenters. The number of nitrogens with zero attached hydrogens (tertiary/aromatic N) is 3. The summed E-state index contributed by atoms with van der Waals surface area (Å²) in [4.78, 5) is 13.1. The van der Waals surface area contributed by atoms with E-state index in [1.54, 1.807) is 27.2 Å². The van der Waals surface area contributed by atoms with Crippen LogP contribution in [-0.4, -0.2) is 29.2 Å². The van der Waals surface area contributed by atoms with E-state index >= 15 is 0 Å². The fourth-order valence-corrected chi connectivity index (χ4v) is 2.74. The number of aryl methyl sites for hydroxylation is 2. The second kappa shape index (κ2) is 8.09. The molecule has 2 N–H and O–H groups in total. The minimum absolute atomic E-state index is 0.386. The Morgan fingerprint density at radius 2 is 1.48 bits per heavy atom. The molecule has 1 heterocycles. The summed E-state index contributed by atoms with van der Waals surface area (Å²) in [5, 5.41) is 6.87. The van der Waals surface area contributed by atoms with Gasteiger partial charge < -0.3 is 20.1 Å². The molecule has 1 aromatic heterocycles. The van der Waals surface area contributed by atoms with Gasteiger partial charge in [-0.15, -0.1) is 0 Å². The summed E-state index contributed by atoms with van der Waals surface area (Å²) in [7, 11) is 3.19. The second-order valence-corrected chi connectivity index (χ2v) is 6.24. The molecular formula is C19H20ClN5O2. The standard InChI is InChI=1S/C19H20ClN5O2/c1-11-5-7-15(14(20)9-11)23-18-21-12(2)22-19(25-18)24-16-8-6-13(26-3)10-17(16)27-4/h5-10H,1-4H3,(H2,21,22,23,24,25). The summed E-state index contributed by atoms with van der Waals surface area (Å²) in [5.74, 6) is 2.65. The van der Waals surface area contributed by atoms with Gasteiger partial charge in [-0.2, -0.15) is 15.0 Å². The van der Waals surface area contributed by atoms with Crippen molar-refractivity contribution in [2.45, 2.75) is 13.8 Å². The van der Waals surface area contributed by atoms with Gasteiger partial charge in [-0.25, -0.2) is 0 Å². The Hall–Kier alpha value is -3.06. The highest BCUT2D eigenvalue weighted by molar-refractivity contribution is 6.33. The molecule has 0 aliphatic heterocycles. The van der Waals surface area contributed by atoms with E-state index in [9.17, 15) is 0 Å². The van der Waals surface area contributed by atoms with Crippen molar-refractivity contribution >= 4 is 34.9 Å². The smallest absolute Gasteiger partial charge is 0.232 e. The number of ether oxygens (including phenoxy) is 2. The third-order valence-electron chi connectivity index (χ3n) is 3.77. The predicted octanol–water partition coefficient (Wildman–Crippen LogP) is 4.65. The van der Waals surface area contributed by atoms with Gasteiger partial charge in [0.1, 0.15) is 17.3 Å². The molecule has 3 rings (SSSR count). The van der Waals surface area contributed by atoms with Crippen molar-refractivity contribution in [1.29, 1.82) is 0 Å². The van der Waals surface area contributed by atoms with Crippen molar-refractivity contribution in [3.05, 3.63) is 52.8 Å². The lowest BCUT2D eigenvalue weighted by Crippen LogP contribution is -2.06. The quantitative estimate of drug-likeness (QED) is 0.639. The van der Waals surface area contributed by atoms with E-state index in [1.165, 1.54) is 0 Å². The molecule has 3 aromatic rings. The maximum atomic E-state index is 6.28. The fraction of sp³-hybridized carbons (Fsp3) is 0.211. The summed E-state index contributed by atoms with van der Waals surface area (Å²) in [6.45, 7) is 3.77. The summed E-state index contributed by atoms with van der Waals surface area (Å²) in [6, 6.07) is 11.2. The maximum Gasteiger partial charge on any atom is 0.232 e. The Kier molecular flexibility index (Phi) is 5.61. The number of nitrogens with one attached hydrogen (secondary N) is 2. The van der Waals surface area contributed by atoms with E-state index in [1.807, 2.05) is 37.3 Å². The van der Waals surface area contributed by atoms with Crippen LogP contribution in [0.2, 0.25) is 5.02 Å². The minimum Gasteiger partial charge on any atom is -0.497 e. The topological polar surface area (TPSA) is 81.2 Å². The van der Waals surface area contributed by atoms with Crippen LogP contribution in [0.25, 0.3) is 0 Å². The fourth-order valence-electron chi connectivity index (χ4n) is 2.46. The first kappa shape index (κ1) is 18.7.